The standard InChI is InChI=1S/C17H26O/c1-16(2)9-10-17(3,4)15-12-13(6-5-11-18)7-8-14(15)16/h7-8,12,18H,5-6,9-11H2,1-4H3. The number of fused-ring (bicyclic) bond motifs is 1. The number of aliphatic hydroxyl groups excluding tert-OH is 1. The summed E-state index contributed by atoms with van der Waals surface area (Å²) in [6.07, 6.45) is 4.38. The highest BCUT2D eigenvalue weighted by molar-refractivity contribution is 5.43. The Kier molecular flexibility index (Phi) is 3.55. The molecule has 0 saturated carbocycles. The van der Waals surface area contributed by atoms with Crippen LogP contribution in [0.1, 0.15) is 63.6 Å². The maximum Gasteiger partial charge on any atom is 0.0434 e. The highest BCUT2D eigenvalue weighted by atomic mass is 16.2. The summed E-state index contributed by atoms with van der Waals surface area (Å²) < 4.78 is 0. The molecule has 0 spiro atoms. The van der Waals surface area contributed by atoms with E-state index >= 15 is 0 Å². The summed E-state index contributed by atoms with van der Waals surface area (Å²) in [5, 5.41) is 8.95. The van der Waals surface area contributed by atoms with Crippen LogP contribution >= 0.6 is 0 Å². The van der Waals surface area contributed by atoms with Crippen LogP contribution in [-0.2, 0) is 17.3 Å². The van der Waals surface area contributed by atoms with Crippen LogP contribution in [0.5, 0.6) is 0 Å². The first kappa shape index (κ1) is 13.6. The van der Waals surface area contributed by atoms with Gasteiger partial charge in [-0.25, -0.2) is 0 Å². The highest BCUT2D eigenvalue weighted by Crippen LogP contribution is 2.45. The number of benzene rings is 1. The Morgan fingerprint density at radius 2 is 1.61 bits per heavy atom. The van der Waals surface area contributed by atoms with Crippen LogP contribution in [0.3, 0.4) is 0 Å². The summed E-state index contributed by atoms with van der Waals surface area (Å²) in [6, 6.07) is 6.95. The first-order valence-corrected chi connectivity index (χ1v) is 7.11. The third-order valence-electron chi connectivity index (χ3n) is 4.54. The summed E-state index contributed by atoms with van der Waals surface area (Å²) >= 11 is 0. The van der Waals surface area contributed by atoms with Gasteiger partial charge in [-0.05, 0) is 53.2 Å². The molecule has 100 valence electrons. The molecule has 0 unspecified atom stereocenters. The molecule has 0 bridgehead atoms. The third kappa shape index (κ3) is 2.47. The summed E-state index contributed by atoms with van der Waals surface area (Å²) in [4.78, 5) is 0. The molecule has 1 heteroatoms. The Labute approximate surface area is 111 Å². The van der Waals surface area contributed by atoms with Crippen LogP contribution < -0.4 is 0 Å². The van der Waals surface area contributed by atoms with Crippen molar-refractivity contribution in [2.45, 2.75) is 64.2 Å². The van der Waals surface area contributed by atoms with Crippen LogP contribution in [0.25, 0.3) is 0 Å². The summed E-state index contributed by atoms with van der Waals surface area (Å²) in [6.45, 7) is 9.71. The number of hydrogen-bond donors (Lipinski definition) is 1. The molecule has 0 amide bonds. The van der Waals surface area contributed by atoms with Gasteiger partial charge in [0, 0.05) is 6.61 Å². The lowest BCUT2D eigenvalue weighted by atomic mass is 9.63. The zero-order chi connectivity index (χ0) is 13.4. The Balaban J connectivity index is 2.42. The second-order valence-electron chi connectivity index (χ2n) is 6.97. The Morgan fingerprint density at radius 3 is 2.22 bits per heavy atom. The fraction of sp³-hybridized carbons (Fsp3) is 0.647. The van der Waals surface area contributed by atoms with Crippen molar-refractivity contribution in [1.29, 1.82) is 0 Å². The topological polar surface area (TPSA) is 20.2 Å². The first-order chi connectivity index (χ1) is 8.37. The lowest BCUT2D eigenvalue weighted by Gasteiger charge is -2.42. The maximum atomic E-state index is 8.95. The van der Waals surface area contributed by atoms with Gasteiger partial charge in [-0.1, -0.05) is 45.9 Å². The summed E-state index contributed by atoms with van der Waals surface area (Å²) in [5.41, 5.74) is 5.01. The molecule has 18 heavy (non-hydrogen) atoms. The molecular formula is C17H26O. The van der Waals surface area contributed by atoms with Crippen molar-refractivity contribution in [3.8, 4) is 0 Å². The molecule has 1 N–H and O–H groups in total. The van der Waals surface area contributed by atoms with E-state index in [9.17, 15) is 0 Å². The average molecular weight is 246 g/mol. The summed E-state index contributed by atoms with van der Waals surface area (Å²) in [7, 11) is 0. The molecule has 0 radical (unpaired) electrons. The Hall–Kier alpha value is -0.820. The minimum atomic E-state index is 0.284. The zero-order valence-electron chi connectivity index (χ0n) is 12.2. The lowest BCUT2D eigenvalue weighted by Crippen LogP contribution is -2.33. The Morgan fingerprint density at radius 1 is 1.00 bits per heavy atom. The van der Waals surface area contributed by atoms with Crippen molar-refractivity contribution in [1.82, 2.24) is 0 Å². The zero-order valence-corrected chi connectivity index (χ0v) is 12.2. The van der Waals surface area contributed by atoms with Crippen molar-refractivity contribution >= 4 is 0 Å². The predicted octanol–water partition coefficient (Wildman–Crippen LogP) is 3.96. The number of aliphatic hydroxyl groups is 1. The van der Waals surface area contributed by atoms with Crippen LogP contribution in [-0.4, -0.2) is 11.7 Å². The van der Waals surface area contributed by atoms with Gasteiger partial charge in [0.25, 0.3) is 0 Å². The van der Waals surface area contributed by atoms with Crippen molar-refractivity contribution in [3.63, 3.8) is 0 Å². The van der Waals surface area contributed by atoms with E-state index in [0.29, 0.717) is 10.8 Å². The van der Waals surface area contributed by atoms with E-state index in [1.54, 1.807) is 0 Å². The van der Waals surface area contributed by atoms with Gasteiger partial charge in [0.2, 0.25) is 0 Å². The van der Waals surface area contributed by atoms with Gasteiger partial charge >= 0.3 is 0 Å². The molecule has 1 nitrogen and oxygen atoms in total. The first-order valence-electron chi connectivity index (χ1n) is 7.11. The minimum absolute atomic E-state index is 0.284. The number of rotatable bonds is 3. The van der Waals surface area contributed by atoms with E-state index in [1.807, 2.05) is 0 Å². The van der Waals surface area contributed by atoms with Crippen molar-refractivity contribution in [3.05, 3.63) is 34.9 Å². The summed E-state index contributed by atoms with van der Waals surface area (Å²) in [5.74, 6) is 0. The normalized spacial score (nSPS) is 20.5. The quantitative estimate of drug-likeness (QED) is 0.856. The monoisotopic (exact) mass is 246 g/mol. The molecule has 0 aromatic heterocycles. The van der Waals surface area contributed by atoms with Gasteiger partial charge in [-0.2, -0.15) is 0 Å². The van der Waals surface area contributed by atoms with Crippen LogP contribution in [0.15, 0.2) is 18.2 Å². The molecule has 1 aliphatic carbocycles. The van der Waals surface area contributed by atoms with Crippen molar-refractivity contribution in [2.24, 2.45) is 0 Å². The molecule has 2 rings (SSSR count). The molecule has 0 atom stereocenters. The second-order valence-corrected chi connectivity index (χ2v) is 6.97. The average Bonchev–Trinajstić information content (AvgIpc) is 2.32. The van der Waals surface area contributed by atoms with Crippen LogP contribution in [0.4, 0.5) is 0 Å². The van der Waals surface area contributed by atoms with Gasteiger partial charge < -0.3 is 5.11 Å². The molecule has 0 aliphatic heterocycles. The van der Waals surface area contributed by atoms with Gasteiger partial charge in [0.1, 0.15) is 0 Å². The van der Waals surface area contributed by atoms with E-state index in [2.05, 4.69) is 45.9 Å². The van der Waals surface area contributed by atoms with E-state index in [-0.39, 0.29) is 6.61 Å². The molecule has 1 aliphatic rings. The van der Waals surface area contributed by atoms with E-state index in [1.165, 1.54) is 29.5 Å². The van der Waals surface area contributed by atoms with Gasteiger partial charge in [0.15, 0.2) is 0 Å². The smallest absolute Gasteiger partial charge is 0.0434 e. The molecule has 0 saturated heterocycles. The molecule has 1 aromatic carbocycles. The van der Waals surface area contributed by atoms with Gasteiger partial charge in [0.05, 0.1) is 0 Å². The molecule has 0 heterocycles. The van der Waals surface area contributed by atoms with Gasteiger partial charge in [-0.15, -0.1) is 0 Å². The lowest BCUT2D eigenvalue weighted by molar-refractivity contribution is 0.288. The van der Waals surface area contributed by atoms with Crippen LogP contribution in [0, 0.1) is 0 Å². The fourth-order valence-electron chi connectivity index (χ4n) is 3.07. The minimum Gasteiger partial charge on any atom is -0.396 e. The SMILES string of the molecule is CC1(C)CCC(C)(C)c2cc(CCCO)ccc21. The third-order valence-corrected chi connectivity index (χ3v) is 4.54. The van der Waals surface area contributed by atoms with Crippen molar-refractivity contribution < 1.29 is 5.11 Å². The van der Waals surface area contributed by atoms with Gasteiger partial charge in [-0.3, -0.25) is 0 Å². The fourth-order valence-corrected chi connectivity index (χ4v) is 3.07. The maximum absolute atomic E-state index is 8.95. The number of aryl methyl sites for hydroxylation is 1. The largest absolute Gasteiger partial charge is 0.396 e. The number of hydrogen-bond acceptors (Lipinski definition) is 1. The van der Waals surface area contributed by atoms with Crippen LogP contribution in [0.2, 0.25) is 0 Å². The molecule has 1 aromatic rings. The second kappa shape index (κ2) is 4.70. The Bertz CT molecular complexity index is 429. The predicted molar refractivity (Wildman–Crippen MR) is 77.1 cm³/mol. The molecular weight excluding hydrogens is 220 g/mol. The van der Waals surface area contributed by atoms with E-state index in [4.69, 9.17) is 5.11 Å². The van der Waals surface area contributed by atoms with E-state index < -0.39 is 0 Å². The molecule has 0 fully saturated rings. The van der Waals surface area contributed by atoms with Crippen molar-refractivity contribution in [2.75, 3.05) is 6.61 Å². The van der Waals surface area contributed by atoms with E-state index in [0.717, 1.165) is 12.8 Å². The highest BCUT2D eigenvalue weighted by Gasteiger charge is 2.36.